The molecule has 0 spiro atoms. The molecule has 0 bridgehead atoms. The summed E-state index contributed by atoms with van der Waals surface area (Å²) in [6, 6.07) is 7.37. The first kappa shape index (κ1) is 24.8. The molecule has 2 aromatic heterocycles. The van der Waals surface area contributed by atoms with Crippen molar-refractivity contribution < 1.29 is 9.53 Å². The maximum Gasteiger partial charge on any atom is 0.293 e. The minimum Gasteiger partial charge on any atom is -0.478 e. The molecule has 1 aliphatic heterocycles. The predicted octanol–water partition coefficient (Wildman–Crippen LogP) is 3.96. The molecule has 10 heteroatoms. The maximum absolute atomic E-state index is 13.1. The van der Waals surface area contributed by atoms with Crippen molar-refractivity contribution in [3.8, 4) is 5.75 Å². The fraction of sp³-hybridized carbons (Fsp3) is 0.440. The third kappa shape index (κ3) is 5.85. The highest BCUT2D eigenvalue weighted by molar-refractivity contribution is 6.32. The Balaban J connectivity index is 1.68. The first-order valence-corrected chi connectivity index (χ1v) is 12.3. The van der Waals surface area contributed by atoms with Crippen molar-refractivity contribution in [2.45, 2.75) is 39.7 Å². The van der Waals surface area contributed by atoms with Gasteiger partial charge >= 0.3 is 0 Å². The van der Waals surface area contributed by atoms with Gasteiger partial charge in [-0.05, 0) is 49.4 Å². The Morgan fingerprint density at radius 3 is 2.69 bits per heavy atom. The molecular formula is C25H31ClN6O3. The van der Waals surface area contributed by atoms with E-state index in [1.54, 1.807) is 16.8 Å². The number of hydrogen-bond acceptors (Lipinski definition) is 7. The molecule has 1 saturated heterocycles. The molecule has 0 unspecified atom stereocenters. The number of anilines is 3. The number of aromatic nitrogens is 3. The number of fused-ring (bicyclic) bond motifs is 1. The molecule has 0 radical (unpaired) electrons. The number of carbonyl (C=O) groups excluding carboxylic acids is 1. The van der Waals surface area contributed by atoms with Gasteiger partial charge in [-0.1, -0.05) is 25.4 Å². The number of amides is 1. The number of nitrogens with zero attached hydrogens (tertiary/aromatic N) is 4. The molecule has 0 atom stereocenters. The van der Waals surface area contributed by atoms with Crippen LogP contribution in [0.1, 0.15) is 33.1 Å². The van der Waals surface area contributed by atoms with E-state index in [2.05, 4.69) is 25.5 Å². The fourth-order valence-electron chi connectivity index (χ4n) is 4.13. The number of rotatable bonds is 8. The summed E-state index contributed by atoms with van der Waals surface area (Å²) in [6.45, 7) is 6.25. The lowest BCUT2D eigenvalue weighted by atomic mass is 10.1. The van der Waals surface area contributed by atoms with E-state index in [0.29, 0.717) is 23.3 Å². The molecule has 1 aliphatic rings. The molecule has 3 aromatic rings. The molecule has 2 N–H and O–H groups in total. The Labute approximate surface area is 209 Å². The zero-order valence-electron chi connectivity index (χ0n) is 20.3. The van der Waals surface area contributed by atoms with E-state index >= 15 is 0 Å². The molecule has 4 rings (SSSR count). The molecule has 1 fully saturated rings. The van der Waals surface area contributed by atoms with E-state index in [0.717, 1.165) is 42.5 Å². The number of carbonyl (C=O) groups is 1. The highest BCUT2D eigenvalue weighted by atomic mass is 35.5. The lowest BCUT2D eigenvalue weighted by Gasteiger charge is -2.27. The predicted molar refractivity (Wildman–Crippen MR) is 139 cm³/mol. The summed E-state index contributed by atoms with van der Waals surface area (Å²) in [5.41, 5.74) is 1.28. The Kier molecular flexibility index (Phi) is 7.75. The Hall–Kier alpha value is -3.33. The van der Waals surface area contributed by atoms with Crippen LogP contribution in [0.5, 0.6) is 5.75 Å². The van der Waals surface area contributed by atoms with Crippen LogP contribution in [0.4, 0.5) is 17.5 Å². The quantitative estimate of drug-likeness (QED) is 0.484. The molecular weight excluding hydrogens is 468 g/mol. The second kappa shape index (κ2) is 10.9. The van der Waals surface area contributed by atoms with Crippen LogP contribution in [0.2, 0.25) is 5.02 Å². The van der Waals surface area contributed by atoms with Gasteiger partial charge < -0.3 is 24.8 Å². The van der Waals surface area contributed by atoms with E-state index in [4.69, 9.17) is 16.3 Å². The van der Waals surface area contributed by atoms with Crippen molar-refractivity contribution in [2.24, 2.45) is 5.92 Å². The summed E-state index contributed by atoms with van der Waals surface area (Å²) in [5, 5.41) is 7.01. The van der Waals surface area contributed by atoms with Gasteiger partial charge in [0, 0.05) is 37.8 Å². The zero-order valence-corrected chi connectivity index (χ0v) is 21.1. The van der Waals surface area contributed by atoms with Crippen molar-refractivity contribution in [1.29, 1.82) is 0 Å². The summed E-state index contributed by atoms with van der Waals surface area (Å²) < 4.78 is 7.26. The van der Waals surface area contributed by atoms with Crippen LogP contribution in [-0.2, 0) is 11.3 Å². The van der Waals surface area contributed by atoms with Crippen LogP contribution in [0.3, 0.4) is 0 Å². The largest absolute Gasteiger partial charge is 0.478 e. The van der Waals surface area contributed by atoms with Crippen molar-refractivity contribution in [1.82, 2.24) is 19.9 Å². The Morgan fingerprint density at radius 2 is 1.97 bits per heavy atom. The third-order valence-electron chi connectivity index (χ3n) is 5.88. The van der Waals surface area contributed by atoms with Gasteiger partial charge in [0.1, 0.15) is 5.02 Å². The van der Waals surface area contributed by atoms with Crippen LogP contribution in [0, 0.1) is 5.92 Å². The van der Waals surface area contributed by atoms with E-state index < -0.39 is 0 Å². The molecule has 1 amide bonds. The van der Waals surface area contributed by atoms with Crippen LogP contribution < -0.4 is 25.8 Å². The van der Waals surface area contributed by atoms with Gasteiger partial charge in [0.05, 0.1) is 11.7 Å². The van der Waals surface area contributed by atoms with Crippen molar-refractivity contribution >= 4 is 45.9 Å². The second-order valence-electron chi connectivity index (χ2n) is 9.09. The van der Waals surface area contributed by atoms with Gasteiger partial charge in [-0.15, -0.1) is 0 Å². The van der Waals surface area contributed by atoms with Gasteiger partial charge in [0.2, 0.25) is 5.95 Å². The van der Waals surface area contributed by atoms with Crippen molar-refractivity contribution in [3.05, 3.63) is 45.8 Å². The number of nitrogens with one attached hydrogen (secondary N) is 2. The third-order valence-corrected chi connectivity index (χ3v) is 6.16. The molecule has 9 nitrogen and oxygen atoms in total. The van der Waals surface area contributed by atoms with Crippen LogP contribution in [0.25, 0.3) is 10.9 Å². The summed E-state index contributed by atoms with van der Waals surface area (Å²) in [5.74, 6) is 1.25. The number of pyridine rings is 1. The van der Waals surface area contributed by atoms with Gasteiger partial charge in [-0.3, -0.25) is 9.59 Å². The molecule has 0 aliphatic carbocycles. The smallest absolute Gasteiger partial charge is 0.293 e. The maximum atomic E-state index is 13.1. The van der Waals surface area contributed by atoms with Crippen LogP contribution in [0.15, 0.2) is 35.3 Å². The molecule has 186 valence electrons. The number of hydrogen-bond donors (Lipinski definition) is 2. The molecule has 35 heavy (non-hydrogen) atoms. The highest BCUT2D eigenvalue weighted by Crippen LogP contribution is 2.28. The number of benzene rings is 1. The average Bonchev–Trinajstić information content (AvgIpc) is 2.86. The van der Waals surface area contributed by atoms with Crippen molar-refractivity contribution in [3.63, 3.8) is 0 Å². The average molecular weight is 499 g/mol. The minimum atomic E-state index is -0.307. The summed E-state index contributed by atoms with van der Waals surface area (Å²) >= 11 is 6.41. The van der Waals surface area contributed by atoms with E-state index in [1.807, 2.05) is 32.0 Å². The molecule has 0 saturated carbocycles. The minimum absolute atomic E-state index is 0.131. The molecule has 3 heterocycles. The number of ether oxygens (including phenoxy) is 1. The van der Waals surface area contributed by atoms with Crippen LogP contribution in [-0.4, -0.2) is 47.2 Å². The van der Waals surface area contributed by atoms with E-state index in [-0.39, 0.29) is 29.7 Å². The van der Waals surface area contributed by atoms with E-state index in [1.165, 1.54) is 13.5 Å². The summed E-state index contributed by atoms with van der Waals surface area (Å²) in [6.07, 6.45) is 5.10. The highest BCUT2D eigenvalue weighted by Gasteiger charge is 2.17. The molecule has 1 aromatic carbocycles. The van der Waals surface area contributed by atoms with E-state index in [9.17, 15) is 9.59 Å². The number of piperidine rings is 1. The van der Waals surface area contributed by atoms with Crippen molar-refractivity contribution in [2.75, 3.05) is 37.0 Å². The zero-order chi connectivity index (χ0) is 24.9. The Bertz CT molecular complexity index is 1270. The standard InChI is InChI=1S/C25H31ClN6O3/c1-16(2)14-32-20-8-7-18(11-17(20)12-21(24(32)34)35-15-22(33)27-3)29-23-19(26)13-28-25(30-23)31-9-5-4-6-10-31/h7-8,11-13,16H,4-6,9-10,14-15H2,1-3H3,(H,27,33)(H,28,29,30). The van der Waals surface area contributed by atoms with Gasteiger partial charge in [-0.2, -0.15) is 4.98 Å². The lowest BCUT2D eigenvalue weighted by Crippen LogP contribution is -2.31. The Morgan fingerprint density at radius 1 is 1.20 bits per heavy atom. The fourth-order valence-corrected chi connectivity index (χ4v) is 4.27. The SMILES string of the molecule is CNC(=O)COc1cc2cc(Nc3nc(N4CCCCC4)ncc3Cl)ccc2n(CC(C)C)c1=O. The number of likely N-dealkylation sites (N-methyl/N-ethyl adjacent to an activating group) is 1. The summed E-state index contributed by atoms with van der Waals surface area (Å²) in [4.78, 5) is 36.0. The summed E-state index contributed by atoms with van der Waals surface area (Å²) in [7, 11) is 1.52. The first-order valence-electron chi connectivity index (χ1n) is 11.9. The first-order chi connectivity index (χ1) is 16.9. The van der Waals surface area contributed by atoms with Gasteiger partial charge in [0.15, 0.2) is 18.2 Å². The second-order valence-corrected chi connectivity index (χ2v) is 9.50. The monoisotopic (exact) mass is 498 g/mol. The van der Waals surface area contributed by atoms with Crippen LogP contribution >= 0.6 is 11.6 Å². The lowest BCUT2D eigenvalue weighted by molar-refractivity contribution is -0.122. The van der Waals surface area contributed by atoms with Gasteiger partial charge in [-0.25, -0.2) is 4.98 Å². The number of halogens is 1. The topological polar surface area (TPSA) is 101 Å². The normalized spacial score (nSPS) is 13.8. The van der Waals surface area contributed by atoms with Gasteiger partial charge in [0.25, 0.3) is 11.5 Å².